The summed E-state index contributed by atoms with van der Waals surface area (Å²) in [4.78, 5) is 2.24. The molecule has 0 spiro atoms. The normalized spacial score (nSPS) is 18.9. The maximum absolute atomic E-state index is 13.7. The maximum Gasteiger partial charge on any atom is 0.127 e. The molecule has 0 aliphatic carbocycles. The van der Waals surface area contributed by atoms with Crippen molar-refractivity contribution < 1.29 is 9.13 Å². The second-order valence-corrected chi connectivity index (χ2v) is 6.46. The number of likely N-dealkylation sites (tertiary alicyclic amines) is 1. The predicted octanol–water partition coefficient (Wildman–Crippen LogP) is 4.40. The number of hydrogen-bond acceptors (Lipinski definition) is 2. The molecule has 0 amide bonds. The fraction of sp³-hybridized carbons (Fsp3) is 0.556. The fourth-order valence-corrected chi connectivity index (χ4v) is 2.85. The summed E-state index contributed by atoms with van der Waals surface area (Å²) in [6.45, 7) is 12.2. The number of hydrogen-bond donors (Lipinski definition) is 0. The first kappa shape index (κ1) is 15.9. The first-order valence-corrected chi connectivity index (χ1v) is 7.80. The summed E-state index contributed by atoms with van der Waals surface area (Å²) in [5, 5.41) is 0. The number of allylic oxidation sites excluding steroid dienone is 1. The van der Waals surface area contributed by atoms with E-state index in [0.29, 0.717) is 11.7 Å². The van der Waals surface area contributed by atoms with Crippen LogP contribution in [0, 0.1) is 11.7 Å². The van der Waals surface area contributed by atoms with Crippen molar-refractivity contribution in [1.82, 2.24) is 4.90 Å². The van der Waals surface area contributed by atoms with Gasteiger partial charge in [-0.25, -0.2) is 4.39 Å². The van der Waals surface area contributed by atoms with Crippen LogP contribution in [0.5, 0.6) is 5.75 Å². The molecule has 1 aromatic rings. The van der Waals surface area contributed by atoms with Gasteiger partial charge in [0.05, 0.1) is 6.54 Å². The van der Waals surface area contributed by atoms with Crippen LogP contribution in [0.3, 0.4) is 0 Å². The van der Waals surface area contributed by atoms with Gasteiger partial charge in [-0.1, -0.05) is 20.4 Å². The standard InChI is InChI=1S/C18H26FNO/c1-13(2)8-15-9-16(19)11-18(10-15)21-17-6-5-7-20(12-17)14(3)4/h9-11,13,17H,3,5-8,12H2,1-2,4H3. The maximum atomic E-state index is 13.7. The third kappa shape index (κ3) is 4.76. The molecule has 1 saturated heterocycles. The molecule has 0 radical (unpaired) electrons. The molecule has 2 nitrogen and oxygen atoms in total. The third-order valence-corrected chi connectivity index (χ3v) is 3.80. The van der Waals surface area contributed by atoms with Crippen molar-refractivity contribution in [3.05, 3.63) is 41.9 Å². The van der Waals surface area contributed by atoms with E-state index in [2.05, 4.69) is 25.3 Å². The van der Waals surface area contributed by atoms with Gasteiger partial charge in [-0.2, -0.15) is 0 Å². The molecule has 1 unspecified atom stereocenters. The monoisotopic (exact) mass is 291 g/mol. The second-order valence-electron chi connectivity index (χ2n) is 6.46. The van der Waals surface area contributed by atoms with E-state index >= 15 is 0 Å². The summed E-state index contributed by atoms with van der Waals surface area (Å²) in [6, 6.07) is 5.07. The van der Waals surface area contributed by atoms with E-state index < -0.39 is 0 Å². The molecule has 1 fully saturated rings. The van der Waals surface area contributed by atoms with Crippen molar-refractivity contribution >= 4 is 0 Å². The zero-order valence-electron chi connectivity index (χ0n) is 13.4. The van der Waals surface area contributed by atoms with Gasteiger partial charge in [-0.15, -0.1) is 0 Å². The van der Waals surface area contributed by atoms with Crippen LogP contribution in [-0.4, -0.2) is 24.1 Å². The molecule has 3 heteroatoms. The Hall–Kier alpha value is -1.51. The Morgan fingerprint density at radius 1 is 1.43 bits per heavy atom. The first-order valence-electron chi connectivity index (χ1n) is 7.80. The Morgan fingerprint density at radius 2 is 2.19 bits per heavy atom. The number of piperidine rings is 1. The average molecular weight is 291 g/mol. The minimum atomic E-state index is -0.212. The Bertz CT molecular complexity index is 498. The van der Waals surface area contributed by atoms with Crippen molar-refractivity contribution in [2.75, 3.05) is 13.1 Å². The Kier molecular flexibility index (Phi) is 5.27. The SMILES string of the molecule is C=C(C)N1CCCC(Oc2cc(F)cc(CC(C)C)c2)C1. The van der Waals surface area contributed by atoms with Gasteiger partial charge < -0.3 is 9.64 Å². The lowest BCUT2D eigenvalue weighted by atomic mass is 10.0. The summed E-state index contributed by atoms with van der Waals surface area (Å²) in [5.41, 5.74) is 2.08. The minimum absolute atomic E-state index is 0.115. The zero-order valence-corrected chi connectivity index (χ0v) is 13.4. The van der Waals surface area contributed by atoms with Gasteiger partial charge in [0.1, 0.15) is 17.7 Å². The van der Waals surface area contributed by atoms with Crippen molar-refractivity contribution in [2.45, 2.75) is 46.1 Å². The highest BCUT2D eigenvalue weighted by atomic mass is 19.1. The van der Waals surface area contributed by atoms with Crippen LogP contribution in [0.1, 0.15) is 39.2 Å². The number of rotatable bonds is 5. The molecular weight excluding hydrogens is 265 g/mol. The van der Waals surface area contributed by atoms with Crippen LogP contribution in [0.25, 0.3) is 0 Å². The Labute approximate surface area is 127 Å². The van der Waals surface area contributed by atoms with Crippen LogP contribution in [0.2, 0.25) is 0 Å². The van der Waals surface area contributed by atoms with Gasteiger partial charge >= 0.3 is 0 Å². The van der Waals surface area contributed by atoms with Crippen LogP contribution < -0.4 is 4.74 Å². The molecule has 1 heterocycles. The van der Waals surface area contributed by atoms with E-state index in [1.54, 1.807) is 6.07 Å². The molecule has 0 saturated carbocycles. The average Bonchev–Trinajstić information content (AvgIpc) is 2.37. The molecule has 0 N–H and O–H groups in total. The molecule has 2 rings (SSSR count). The Balaban J connectivity index is 2.04. The quantitative estimate of drug-likeness (QED) is 0.797. The van der Waals surface area contributed by atoms with Gasteiger partial charge in [0.15, 0.2) is 0 Å². The minimum Gasteiger partial charge on any atom is -0.488 e. The highest BCUT2D eigenvalue weighted by molar-refractivity contribution is 5.30. The van der Waals surface area contributed by atoms with E-state index in [-0.39, 0.29) is 11.9 Å². The van der Waals surface area contributed by atoms with Gasteiger partial charge in [0.25, 0.3) is 0 Å². The van der Waals surface area contributed by atoms with Gasteiger partial charge in [0.2, 0.25) is 0 Å². The van der Waals surface area contributed by atoms with Gasteiger partial charge in [-0.05, 0) is 49.8 Å². The summed E-state index contributed by atoms with van der Waals surface area (Å²) in [7, 11) is 0. The lowest BCUT2D eigenvalue weighted by Gasteiger charge is -2.34. The van der Waals surface area contributed by atoms with Crippen molar-refractivity contribution in [3.63, 3.8) is 0 Å². The van der Waals surface area contributed by atoms with Crippen LogP contribution in [0.15, 0.2) is 30.5 Å². The van der Waals surface area contributed by atoms with Crippen LogP contribution in [-0.2, 0) is 6.42 Å². The highest BCUT2D eigenvalue weighted by Gasteiger charge is 2.21. The smallest absolute Gasteiger partial charge is 0.127 e. The summed E-state index contributed by atoms with van der Waals surface area (Å²) >= 11 is 0. The molecule has 116 valence electrons. The molecular formula is C18H26FNO. The predicted molar refractivity (Wildman–Crippen MR) is 85.0 cm³/mol. The number of ether oxygens (including phenoxy) is 1. The highest BCUT2D eigenvalue weighted by Crippen LogP contribution is 2.23. The van der Waals surface area contributed by atoms with Crippen molar-refractivity contribution in [1.29, 1.82) is 0 Å². The lowest BCUT2D eigenvalue weighted by Crippen LogP contribution is -2.39. The van der Waals surface area contributed by atoms with Crippen molar-refractivity contribution in [3.8, 4) is 5.75 Å². The molecule has 1 aromatic carbocycles. The van der Waals surface area contributed by atoms with Crippen LogP contribution in [0.4, 0.5) is 4.39 Å². The second kappa shape index (κ2) is 6.97. The third-order valence-electron chi connectivity index (χ3n) is 3.80. The number of halogens is 1. The van der Waals surface area contributed by atoms with Gasteiger partial charge in [-0.3, -0.25) is 0 Å². The molecule has 0 bridgehead atoms. The molecule has 1 aliphatic rings. The van der Waals surface area contributed by atoms with Crippen LogP contribution >= 0.6 is 0 Å². The first-order chi connectivity index (χ1) is 9.94. The van der Waals surface area contributed by atoms with Crippen molar-refractivity contribution in [2.24, 2.45) is 5.92 Å². The summed E-state index contributed by atoms with van der Waals surface area (Å²) in [6.07, 6.45) is 3.09. The number of nitrogens with zero attached hydrogens (tertiary/aromatic N) is 1. The van der Waals surface area contributed by atoms with E-state index in [9.17, 15) is 4.39 Å². The molecule has 1 atom stereocenters. The van der Waals surface area contributed by atoms with E-state index in [1.807, 2.05) is 13.0 Å². The van der Waals surface area contributed by atoms with Gasteiger partial charge in [0, 0.05) is 18.3 Å². The largest absolute Gasteiger partial charge is 0.488 e. The Morgan fingerprint density at radius 3 is 2.86 bits per heavy atom. The van der Waals surface area contributed by atoms with E-state index in [0.717, 1.165) is 43.6 Å². The lowest BCUT2D eigenvalue weighted by molar-refractivity contribution is 0.108. The topological polar surface area (TPSA) is 12.5 Å². The van der Waals surface area contributed by atoms with E-state index in [1.165, 1.54) is 6.07 Å². The van der Waals surface area contributed by atoms with E-state index in [4.69, 9.17) is 4.74 Å². The molecule has 1 aliphatic heterocycles. The number of benzene rings is 1. The molecule has 21 heavy (non-hydrogen) atoms. The fourth-order valence-electron chi connectivity index (χ4n) is 2.85. The summed E-state index contributed by atoms with van der Waals surface area (Å²) < 4.78 is 19.7. The summed E-state index contributed by atoms with van der Waals surface area (Å²) in [5.74, 6) is 0.947. The zero-order chi connectivity index (χ0) is 15.4. The molecule has 0 aromatic heterocycles.